The Morgan fingerprint density at radius 3 is 2.83 bits per heavy atom. The first-order valence-electron chi connectivity index (χ1n) is 9.35. The maximum atomic E-state index is 12.6. The van der Waals surface area contributed by atoms with Gasteiger partial charge in [-0.25, -0.2) is 9.67 Å². The molecule has 4 aromatic heterocycles. The van der Waals surface area contributed by atoms with Gasteiger partial charge in [0.1, 0.15) is 11.9 Å². The molecule has 5 rings (SSSR count). The van der Waals surface area contributed by atoms with Crippen LogP contribution in [0.15, 0.2) is 59.8 Å². The molecule has 1 fully saturated rings. The summed E-state index contributed by atoms with van der Waals surface area (Å²) >= 11 is 0. The zero-order chi connectivity index (χ0) is 19.8. The van der Waals surface area contributed by atoms with E-state index in [1.54, 1.807) is 35.2 Å². The molecular weight excluding hydrogens is 370 g/mol. The lowest BCUT2D eigenvalue weighted by molar-refractivity contribution is 0.183. The molecule has 2 unspecified atom stereocenters. The van der Waals surface area contributed by atoms with Crippen LogP contribution in [-0.4, -0.2) is 48.6 Å². The van der Waals surface area contributed by atoms with Gasteiger partial charge < -0.3 is 10.1 Å². The Morgan fingerprint density at radius 2 is 1.97 bits per heavy atom. The average molecular weight is 389 g/mol. The SMILES string of the molecule is Cc1cc(NC2COCC2n2nc(-c3ccncc3)ccc2=O)n2nccc2n1. The molecule has 1 aliphatic heterocycles. The van der Waals surface area contributed by atoms with Crippen LogP contribution in [-0.2, 0) is 4.74 Å². The van der Waals surface area contributed by atoms with Crippen LogP contribution in [0, 0.1) is 6.92 Å². The third-order valence-corrected chi connectivity index (χ3v) is 4.99. The molecule has 9 heteroatoms. The molecule has 4 aromatic rings. The molecule has 146 valence electrons. The number of rotatable bonds is 4. The lowest BCUT2D eigenvalue weighted by Crippen LogP contribution is -2.37. The lowest BCUT2D eigenvalue weighted by atomic mass is 10.1. The van der Waals surface area contributed by atoms with Gasteiger partial charge in [0.2, 0.25) is 0 Å². The van der Waals surface area contributed by atoms with Gasteiger partial charge >= 0.3 is 0 Å². The van der Waals surface area contributed by atoms with Crippen LogP contribution in [0.5, 0.6) is 0 Å². The Kier molecular flexibility index (Phi) is 4.28. The third kappa shape index (κ3) is 3.25. The van der Waals surface area contributed by atoms with Gasteiger partial charge in [-0.3, -0.25) is 9.78 Å². The van der Waals surface area contributed by atoms with Crippen molar-refractivity contribution in [3.05, 3.63) is 71.0 Å². The number of anilines is 1. The van der Waals surface area contributed by atoms with Gasteiger partial charge in [0.25, 0.3) is 5.56 Å². The molecule has 1 saturated heterocycles. The summed E-state index contributed by atoms with van der Waals surface area (Å²) in [4.78, 5) is 21.1. The third-order valence-electron chi connectivity index (χ3n) is 4.99. The molecule has 2 atom stereocenters. The summed E-state index contributed by atoms with van der Waals surface area (Å²) in [7, 11) is 0. The average Bonchev–Trinajstić information content (AvgIpc) is 3.38. The van der Waals surface area contributed by atoms with Crippen LogP contribution in [0.4, 0.5) is 5.82 Å². The molecule has 1 aliphatic rings. The van der Waals surface area contributed by atoms with Crippen molar-refractivity contribution in [1.82, 2.24) is 29.4 Å². The van der Waals surface area contributed by atoms with Crippen LogP contribution >= 0.6 is 0 Å². The van der Waals surface area contributed by atoms with Gasteiger partial charge in [-0.05, 0) is 25.1 Å². The highest BCUT2D eigenvalue weighted by Crippen LogP contribution is 2.23. The van der Waals surface area contributed by atoms with E-state index < -0.39 is 0 Å². The van der Waals surface area contributed by atoms with Crippen molar-refractivity contribution in [3.63, 3.8) is 0 Å². The summed E-state index contributed by atoms with van der Waals surface area (Å²) in [5, 5.41) is 12.4. The van der Waals surface area contributed by atoms with Gasteiger partial charge in [0, 0.05) is 41.9 Å². The highest BCUT2D eigenvalue weighted by atomic mass is 16.5. The van der Waals surface area contributed by atoms with Gasteiger partial charge in [-0.15, -0.1) is 0 Å². The Morgan fingerprint density at radius 1 is 1.10 bits per heavy atom. The van der Waals surface area contributed by atoms with Crippen molar-refractivity contribution in [2.45, 2.75) is 19.0 Å². The van der Waals surface area contributed by atoms with Gasteiger partial charge in [-0.1, -0.05) is 0 Å². The van der Waals surface area contributed by atoms with Crippen LogP contribution in [0.25, 0.3) is 16.9 Å². The predicted octanol–water partition coefficient (Wildman–Crippen LogP) is 1.71. The first kappa shape index (κ1) is 17.5. The molecule has 0 spiro atoms. The fourth-order valence-corrected chi connectivity index (χ4v) is 3.59. The van der Waals surface area contributed by atoms with E-state index in [4.69, 9.17) is 4.74 Å². The van der Waals surface area contributed by atoms with Crippen molar-refractivity contribution in [2.24, 2.45) is 0 Å². The summed E-state index contributed by atoms with van der Waals surface area (Å²) in [5.74, 6) is 0.802. The monoisotopic (exact) mass is 389 g/mol. The standard InChI is InChI=1S/C20H19N7O2/c1-13-10-19(27-18(23-13)6-9-22-27)24-16-11-29-12-17(16)26-20(28)3-2-15(25-26)14-4-7-21-8-5-14/h2-10,16-17,24H,11-12H2,1H3. The number of nitrogens with zero attached hydrogens (tertiary/aromatic N) is 6. The summed E-state index contributed by atoms with van der Waals surface area (Å²) < 4.78 is 8.95. The summed E-state index contributed by atoms with van der Waals surface area (Å²) in [6, 6.07) is 10.4. The topological polar surface area (TPSA) is 99.2 Å². The Bertz CT molecular complexity index is 1220. The van der Waals surface area contributed by atoms with E-state index in [1.807, 2.05) is 31.2 Å². The molecule has 0 bridgehead atoms. The summed E-state index contributed by atoms with van der Waals surface area (Å²) in [6.45, 7) is 2.80. The number of fused-ring (bicyclic) bond motifs is 1. The smallest absolute Gasteiger partial charge is 0.267 e. The minimum absolute atomic E-state index is 0.137. The second-order valence-electron chi connectivity index (χ2n) is 6.98. The minimum atomic E-state index is -0.247. The molecular formula is C20H19N7O2. The highest BCUT2D eigenvalue weighted by Gasteiger charge is 2.32. The van der Waals surface area contributed by atoms with E-state index in [2.05, 4.69) is 25.5 Å². The van der Waals surface area contributed by atoms with Crippen LogP contribution < -0.4 is 10.9 Å². The number of nitrogens with one attached hydrogen (secondary N) is 1. The molecule has 9 nitrogen and oxygen atoms in total. The van der Waals surface area contributed by atoms with E-state index in [1.165, 1.54) is 4.68 Å². The van der Waals surface area contributed by atoms with E-state index in [0.717, 1.165) is 22.7 Å². The molecule has 0 radical (unpaired) electrons. The lowest BCUT2D eigenvalue weighted by Gasteiger charge is -2.22. The molecule has 29 heavy (non-hydrogen) atoms. The maximum absolute atomic E-state index is 12.6. The molecule has 0 saturated carbocycles. The molecule has 0 amide bonds. The van der Waals surface area contributed by atoms with Crippen molar-refractivity contribution in [2.75, 3.05) is 18.5 Å². The van der Waals surface area contributed by atoms with Crippen molar-refractivity contribution in [1.29, 1.82) is 0 Å². The van der Waals surface area contributed by atoms with Gasteiger partial charge in [0.05, 0.1) is 31.1 Å². The second-order valence-corrected chi connectivity index (χ2v) is 6.98. The number of aryl methyl sites for hydroxylation is 1. The summed E-state index contributed by atoms with van der Waals surface area (Å²) in [5.41, 5.74) is 3.09. The minimum Gasteiger partial charge on any atom is -0.377 e. The number of pyridine rings is 1. The Hall–Kier alpha value is -3.59. The maximum Gasteiger partial charge on any atom is 0.267 e. The zero-order valence-corrected chi connectivity index (χ0v) is 15.8. The number of aromatic nitrogens is 6. The summed E-state index contributed by atoms with van der Waals surface area (Å²) in [6.07, 6.45) is 5.12. The quantitative estimate of drug-likeness (QED) is 0.567. The number of hydrogen-bond donors (Lipinski definition) is 1. The molecule has 5 heterocycles. The van der Waals surface area contributed by atoms with Gasteiger partial charge in [0.15, 0.2) is 5.65 Å². The zero-order valence-electron chi connectivity index (χ0n) is 15.8. The van der Waals surface area contributed by atoms with E-state index >= 15 is 0 Å². The van der Waals surface area contributed by atoms with E-state index in [-0.39, 0.29) is 17.6 Å². The van der Waals surface area contributed by atoms with E-state index in [0.29, 0.717) is 18.9 Å². The Labute approximate surface area is 166 Å². The molecule has 0 aliphatic carbocycles. The first-order chi connectivity index (χ1) is 14.2. The van der Waals surface area contributed by atoms with Crippen molar-refractivity contribution >= 4 is 11.5 Å². The number of ether oxygens (including phenoxy) is 1. The second kappa shape index (κ2) is 7.10. The fourth-order valence-electron chi connectivity index (χ4n) is 3.59. The molecule has 0 aromatic carbocycles. The fraction of sp³-hybridized carbons (Fsp3) is 0.250. The first-order valence-corrected chi connectivity index (χ1v) is 9.35. The van der Waals surface area contributed by atoms with Crippen LogP contribution in [0.2, 0.25) is 0 Å². The normalized spacial score (nSPS) is 18.9. The van der Waals surface area contributed by atoms with Crippen LogP contribution in [0.1, 0.15) is 11.7 Å². The van der Waals surface area contributed by atoms with Crippen LogP contribution in [0.3, 0.4) is 0 Å². The van der Waals surface area contributed by atoms with Crippen molar-refractivity contribution in [3.8, 4) is 11.3 Å². The highest BCUT2D eigenvalue weighted by molar-refractivity contribution is 5.57. The van der Waals surface area contributed by atoms with E-state index in [9.17, 15) is 4.79 Å². The largest absolute Gasteiger partial charge is 0.377 e. The van der Waals surface area contributed by atoms with Crippen molar-refractivity contribution < 1.29 is 4.74 Å². The number of hydrogen-bond acceptors (Lipinski definition) is 7. The predicted molar refractivity (Wildman–Crippen MR) is 107 cm³/mol. The molecule has 1 N–H and O–H groups in total. The Balaban J connectivity index is 1.50. The van der Waals surface area contributed by atoms with Gasteiger partial charge in [-0.2, -0.15) is 14.7 Å².